The Morgan fingerprint density at radius 1 is 0.929 bits per heavy atom. The molecule has 0 bridgehead atoms. The van der Waals surface area contributed by atoms with Crippen molar-refractivity contribution < 1.29 is 10.0 Å². The summed E-state index contributed by atoms with van der Waals surface area (Å²) in [4.78, 5) is 10.7. The summed E-state index contributed by atoms with van der Waals surface area (Å²) in [5.41, 5.74) is 2.30. The monoisotopic (exact) mass is 383 g/mol. The van der Waals surface area contributed by atoms with Crippen molar-refractivity contribution in [3.05, 3.63) is 57.6 Å². The average Bonchev–Trinajstić information content (AvgIpc) is 2.53. The van der Waals surface area contributed by atoms with Crippen LogP contribution in [0.3, 0.4) is 0 Å². The van der Waals surface area contributed by atoms with Crippen LogP contribution in [0.15, 0.2) is 46.6 Å². The number of nitro benzene ring substituents is 1. The largest absolute Gasteiger partial charge is 0.505 e. The van der Waals surface area contributed by atoms with Crippen LogP contribution in [0.2, 0.25) is 0 Å². The molecule has 0 fully saturated rings. The molecule has 150 valence electrons. The minimum Gasteiger partial charge on any atom is -0.505 e. The molecule has 0 radical (unpaired) electrons. The summed E-state index contributed by atoms with van der Waals surface area (Å²) >= 11 is 0. The van der Waals surface area contributed by atoms with Crippen LogP contribution in [0, 0.1) is 20.9 Å². The van der Waals surface area contributed by atoms with Crippen LogP contribution >= 0.6 is 0 Å². The fourth-order valence-electron chi connectivity index (χ4n) is 3.05. The van der Waals surface area contributed by atoms with Crippen molar-refractivity contribution in [3.8, 4) is 5.75 Å². The minimum absolute atomic E-state index is 0.00946. The minimum atomic E-state index is -0.491. The number of benzene rings is 2. The number of rotatable bonds is 5. The Bertz CT molecular complexity index is 891. The molecule has 6 nitrogen and oxygen atoms in total. The summed E-state index contributed by atoms with van der Waals surface area (Å²) in [6.45, 7) is 12.8. The molecular formula is C22H29N3O3. The van der Waals surface area contributed by atoms with Gasteiger partial charge in [-0.15, -0.1) is 10.2 Å². The molecule has 0 heterocycles. The van der Waals surface area contributed by atoms with Crippen LogP contribution in [-0.4, -0.2) is 10.0 Å². The second kappa shape index (κ2) is 8.09. The molecule has 0 aliphatic heterocycles. The number of phenolic OH excluding ortho intramolecular Hbond substituents is 1. The fourth-order valence-corrected chi connectivity index (χ4v) is 3.05. The maximum atomic E-state index is 11.2. The normalized spacial score (nSPS) is 12.5. The summed E-state index contributed by atoms with van der Waals surface area (Å²) in [6.07, 6.45) is 1.50. The predicted octanol–water partition coefficient (Wildman–Crippen LogP) is 6.89. The van der Waals surface area contributed by atoms with Gasteiger partial charge in [0.2, 0.25) is 0 Å². The fraction of sp³-hybridized carbons (Fsp3) is 0.455. The number of nitro groups is 1. The van der Waals surface area contributed by atoms with E-state index in [-0.39, 0.29) is 28.0 Å². The lowest BCUT2D eigenvalue weighted by atomic mass is 9.84. The third kappa shape index (κ3) is 6.15. The number of hydrogen-bond acceptors (Lipinski definition) is 5. The molecule has 2 aromatic rings. The van der Waals surface area contributed by atoms with Crippen molar-refractivity contribution in [2.75, 3.05) is 0 Å². The zero-order valence-corrected chi connectivity index (χ0v) is 17.5. The molecule has 0 aliphatic carbocycles. The third-order valence-electron chi connectivity index (χ3n) is 4.03. The summed E-state index contributed by atoms with van der Waals surface area (Å²) in [5.74, 6) is 0.0786. The van der Waals surface area contributed by atoms with Gasteiger partial charge in [0, 0.05) is 6.07 Å². The number of azo groups is 1. The molecule has 6 heteroatoms. The van der Waals surface area contributed by atoms with Crippen LogP contribution in [0.5, 0.6) is 5.75 Å². The average molecular weight is 383 g/mol. The molecular weight excluding hydrogens is 354 g/mol. The summed E-state index contributed by atoms with van der Waals surface area (Å²) < 4.78 is 0. The topological polar surface area (TPSA) is 88.1 Å². The molecule has 1 N–H and O–H groups in total. The van der Waals surface area contributed by atoms with Crippen LogP contribution in [-0.2, 0) is 12.8 Å². The molecule has 0 amide bonds. The lowest BCUT2D eigenvalue weighted by Crippen LogP contribution is -2.12. The summed E-state index contributed by atoms with van der Waals surface area (Å²) in [7, 11) is 0. The molecule has 0 atom stereocenters. The molecule has 0 aromatic heterocycles. The van der Waals surface area contributed by atoms with Crippen molar-refractivity contribution in [3.63, 3.8) is 0 Å². The Kier molecular flexibility index (Phi) is 6.22. The maximum absolute atomic E-state index is 11.2. The predicted molar refractivity (Wildman–Crippen MR) is 112 cm³/mol. The number of nitrogens with zero attached hydrogens (tertiary/aromatic N) is 3. The highest BCUT2D eigenvalue weighted by molar-refractivity contribution is 5.60. The van der Waals surface area contributed by atoms with E-state index in [4.69, 9.17) is 0 Å². The van der Waals surface area contributed by atoms with Crippen LogP contribution in [0.1, 0.15) is 52.7 Å². The van der Waals surface area contributed by atoms with E-state index in [0.29, 0.717) is 12.1 Å². The van der Waals surface area contributed by atoms with Gasteiger partial charge in [-0.05, 0) is 46.9 Å². The number of hydrogen-bond donors (Lipinski definition) is 1. The van der Waals surface area contributed by atoms with Gasteiger partial charge in [0.05, 0.1) is 4.92 Å². The quantitative estimate of drug-likeness (QED) is 0.346. The number of phenols is 1. The van der Waals surface area contributed by atoms with Gasteiger partial charge in [0.25, 0.3) is 5.69 Å². The van der Waals surface area contributed by atoms with E-state index < -0.39 is 4.92 Å². The Labute approximate surface area is 166 Å². The SMILES string of the molecule is CC(C)(C)Cc1cc(CC(C)(C)C)c(O)c(N=Nc2ccccc2[N+](=O)[O-])c1. The van der Waals surface area contributed by atoms with Gasteiger partial charge in [-0.1, -0.05) is 59.7 Å². The molecule has 0 aliphatic rings. The Balaban J connectivity index is 2.51. The number of para-hydroxylation sites is 1. The Hall–Kier alpha value is -2.76. The van der Waals surface area contributed by atoms with Crippen molar-refractivity contribution in [1.82, 2.24) is 0 Å². The first-order chi connectivity index (χ1) is 12.9. The lowest BCUT2D eigenvalue weighted by Gasteiger charge is -2.22. The highest BCUT2D eigenvalue weighted by Gasteiger charge is 2.20. The first-order valence-electron chi connectivity index (χ1n) is 9.36. The van der Waals surface area contributed by atoms with Crippen molar-refractivity contribution in [2.45, 2.75) is 54.4 Å². The van der Waals surface area contributed by atoms with Crippen molar-refractivity contribution in [1.29, 1.82) is 0 Å². The van der Waals surface area contributed by atoms with Crippen molar-refractivity contribution in [2.24, 2.45) is 21.1 Å². The zero-order chi connectivity index (χ0) is 21.1. The lowest BCUT2D eigenvalue weighted by molar-refractivity contribution is -0.384. The summed E-state index contributed by atoms with van der Waals surface area (Å²) in [6, 6.07) is 10.0. The van der Waals surface area contributed by atoms with E-state index in [1.54, 1.807) is 12.1 Å². The maximum Gasteiger partial charge on any atom is 0.296 e. The molecule has 0 unspecified atom stereocenters. The van der Waals surface area contributed by atoms with Gasteiger partial charge in [0.15, 0.2) is 5.69 Å². The van der Waals surface area contributed by atoms with E-state index in [2.05, 4.69) is 51.8 Å². The Morgan fingerprint density at radius 3 is 2.07 bits per heavy atom. The van der Waals surface area contributed by atoms with E-state index in [1.807, 2.05) is 12.1 Å². The van der Waals surface area contributed by atoms with Gasteiger partial charge >= 0.3 is 0 Å². The standard InChI is InChI=1S/C22H29N3O3/c1-21(2,3)13-15-11-16(14-22(4,5)6)20(26)18(12-15)24-23-17-9-7-8-10-19(17)25(27)28/h7-12,26H,13-14H2,1-6H3. The Morgan fingerprint density at radius 2 is 1.50 bits per heavy atom. The van der Waals surface area contributed by atoms with Crippen LogP contribution < -0.4 is 0 Å². The second-order valence-corrected chi connectivity index (χ2v) is 9.54. The van der Waals surface area contributed by atoms with E-state index >= 15 is 0 Å². The molecule has 0 saturated heterocycles. The third-order valence-corrected chi connectivity index (χ3v) is 4.03. The van der Waals surface area contributed by atoms with Crippen LogP contribution in [0.25, 0.3) is 0 Å². The van der Waals surface area contributed by atoms with Gasteiger partial charge in [-0.3, -0.25) is 10.1 Å². The second-order valence-electron chi connectivity index (χ2n) is 9.54. The van der Waals surface area contributed by atoms with Crippen LogP contribution in [0.4, 0.5) is 17.1 Å². The first-order valence-corrected chi connectivity index (χ1v) is 9.36. The molecule has 0 spiro atoms. The molecule has 2 rings (SSSR count). The summed E-state index contributed by atoms with van der Waals surface area (Å²) in [5, 5.41) is 30.1. The number of aromatic hydroxyl groups is 1. The first kappa shape index (κ1) is 21.5. The molecule has 28 heavy (non-hydrogen) atoms. The van der Waals surface area contributed by atoms with Gasteiger partial charge in [-0.25, -0.2) is 0 Å². The highest BCUT2D eigenvalue weighted by Crippen LogP contribution is 2.38. The van der Waals surface area contributed by atoms with Crippen molar-refractivity contribution >= 4 is 17.1 Å². The van der Waals surface area contributed by atoms with Gasteiger partial charge in [0.1, 0.15) is 11.4 Å². The van der Waals surface area contributed by atoms with E-state index in [0.717, 1.165) is 17.5 Å². The zero-order valence-electron chi connectivity index (χ0n) is 17.5. The van der Waals surface area contributed by atoms with E-state index in [1.165, 1.54) is 12.1 Å². The van der Waals surface area contributed by atoms with Gasteiger partial charge in [-0.2, -0.15) is 0 Å². The van der Waals surface area contributed by atoms with E-state index in [9.17, 15) is 15.2 Å². The smallest absolute Gasteiger partial charge is 0.296 e. The molecule has 2 aromatic carbocycles. The molecule has 0 saturated carbocycles. The highest BCUT2D eigenvalue weighted by atomic mass is 16.6. The van der Waals surface area contributed by atoms with Gasteiger partial charge < -0.3 is 5.11 Å².